The molecule has 2 aliphatic heterocycles. The second-order valence-corrected chi connectivity index (χ2v) is 18.3. The van der Waals surface area contributed by atoms with Gasteiger partial charge in [0.15, 0.2) is 12.6 Å². The number of aliphatic hydroxyl groups excluding tert-OH is 7. The average Bonchev–Trinajstić information content (AvgIpc) is 3.39. The Kier molecular flexibility index (Phi) is 40.1. The molecule has 2 heterocycles. The molecule has 14 nitrogen and oxygen atoms in total. The van der Waals surface area contributed by atoms with Gasteiger partial charge in [-0.15, -0.1) is 0 Å². The second kappa shape index (κ2) is 44.7. The van der Waals surface area contributed by atoms with Crippen molar-refractivity contribution >= 4 is 5.97 Å². The van der Waals surface area contributed by atoms with Crippen molar-refractivity contribution in [2.45, 2.75) is 210 Å². The van der Waals surface area contributed by atoms with Gasteiger partial charge in [-0.2, -0.15) is 0 Å². The van der Waals surface area contributed by atoms with Crippen LogP contribution in [0.5, 0.6) is 0 Å². The molecule has 0 spiro atoms. The molecule has 0 aromatic rings. The zero-order valence-electron chi connectivity index (χ0n) is 44.1. The Bertz CT molecular complexity index is 1660. The highest BCUT2D eigenvalue weighted by molar-refractivity contribution is 5.69. The maximum Gasteiger partial charge on any atom is 0.306 e. The fraction of sp³-hybridized carbons (Fsp3) is 0.644. The van der Waals surface area contributed by atoms with Gasteiger partial charge in [0.2, 0.25) is 0 Å². The molecule has 2 fully saturated rings. The summed E-state index contributed by atoms with van der Waals surface area (Å²) in [6.07, 6.45) is 45.7. The summed E-state index contributed by atoms with van der Waals surface area (Å²) in [5, 5.41) is 72.2. The number of carbonyl (C=O) groups excluding carboxylic acids is 1. The Labute approximate surface area is 437 Å². The van der Waals surface area contributed by atoms with E-state index in [-0.39, 0.29) is 19.6 Å². The highest BCUT2D eigenvalue weighted by Crippen LogP contribution is 2.26. The third kappa shape index (κ3) is 31.8. The standard InChI is InChI=1S/C59H94O14/c1-3-5-7-9-11-13-15-17-18-19-20-21-22-23-24-25-26-27-28-29-31-33-35-37-39-41-43-68-45-48(71-51(61)42-40-38-36-34-32-30-16-14-12-10-8-6-4-2)46-69-58-57(67)55(65)53(63)50(73-58)47-70-59-56(66)54(64)52(62)49(44-60)72-59/h5-8,11-14,17-18,20-21,23-24,26-27,30,32,36,38,48-50,52-60,62-67H,3-4,9-10,15-16,19,22,25,28-29,31,33-35,37,39-47H2,1-2H3/b7-5-,8-6-,13-11-,14-12-,18-17-,21-20-,24-23-,27-26-,32-30-,38-36-. The Morgan fingerprint density at radius 2 is 0.849 bits per heavy atom. The summed E-state index contributed by atoms with van der Waals surface area (Å²) in [5.74, 6) is -0.466. The molecule has 11 unspecified atom stereocenters. The summed E-state index contributed by atoms with van der Waals surface area (Å²) < 4.78 is 34.2. The first kappa shape index (κ1) is 65.5. The molecule has 2 saturated heterocycles. The molecule has 2 aliphatic rings. The molecule has 73 heavy (non-hydrogen) atoms. The summed E-state index contributed by atoms with van der Waals surface area (Å²) in [4.78, 5) is 13.0. The molecular formula is C59H94O14. The van der Waals surface area contributed by atoms with Gasteiger partial charge in [-0.1, -0.05) is 167 Å². The topological polar surface area (TPSA) is 214 Å². The predicted octanol–water partition coefficient (Wildman–Crippen LogP) is 8.96. The van der Waals surface area contributed by atoms with Gasteiger partial charge in [-0.05, 0) is 89.9 Å². The molecule has 11 atom stereocenters. The summed E-state index contributed by atoms with van der Waals surface area (Å²) >= 11 is 0. The van der Waals surface area contributed by atoms with Crippen molar-refractivity contribution < 1.29 is 69.0 Å². The van der Waals surface area contributed by atoms with E-state index in [9.17, 15) is 40.5 Å². The van der Waals surface area contributed by atoms with Crippen LogP contribution in [-0.4, -0.2) is 142 Å². The summed E-state index contributed by atoms with van der Waals surface area (Å²) in [7, 11) is 0. The lowest BCUT2D eigenvalue weighted by atomic mass is 9.98. The van der Waals surface area contributed by atoms with Crippen LogP contribution < -0.4 is 0 Å². The number of hydrogen-bond donors (Lipinski definition) is 7. The van der Waals surface area contributed by atoms with Gasteiger partial charge in [0, 0.05) is 13.0 Å². The number of unbranched alkanes of at least 4 members (excludes halogenated alkanes) is 7. The van der Waals surface area contributed by atoms with Crippen molar-refractivity contribution in [3.63, 3.8) is 0 Å². The lowest BCUT2D eigenvalue weighted by molar-refractivity contribution is -0.332. The second-order valence-electron chi connectivity index (χ2n) is 18.3. The van der Waals surface area contributed by atoms with E-state index in [1.54, 1.807) is 0 Å². The predicted molar refractivity (Wildman–Crippen MR) is 288 cm³/mol. The monoisotopic (exact) mass is 1030 g/mol. The molecule has 0 saturated carbocycles. The molecular weight excluding hydrogens is 933 g/mol. The van der Waals surface area contributed by atoms with Crippen LogP contribution in [0, 0.1) is 0 Å². The molecule has 0 aromatic heterocycles. The lowest BCUT2D eigenvalue weighted by Crippen LogP contribution is -2.61. The molecule has 0 amide bonds. The van der Waals surface area contributed by atoms with Crippen molar-refractivity contribution in [3.8, 4) is 0 Å². The molecule has 7 N–H and O–H groups in total. The van der Waals surface area contributed by atoms with Gasteiger partial charge < -0.3 is 64.2 Å². The zero-order chi connectivity index (χ0) is 53.0. The van der Waals surface area contributed by atoms with Gasteiger partial charge >= 0.3 is 5.97 Å². The van der Waals surface area contributed by atoms with E-state index in [0.717, 1.165) is 96.3 Å². The summed E-state index contributed by atoms with van der Waals surface area (Å²) in [5.41, 5.74) is 0. The Hall–Kier alpha value is -3.61. The first-order valence-corrected chi connectivity index (χ1v) is 27.1. The molecule has 0 aliphatic carbocycles. The van der Waals surface area contributed by atoms with E-state index in [2.05, 4.69) is 123 Å². The summed E-state index contributed by atoms with van der Waals surface area (Å²) in [6.45, 7) is 3.29. The molecule has 14 heteroatoms. The third-order valence-electron chi connectivity index (χ3n) is 12.0. The smallest absolute Gasteiger partial charge is 0.306 e. The molecule has 0 bridgehead atoms. The number of carbonyl (C=O) groups is 1. The van der Waals surface area contributed by atoms with Gasteiger partial charge in [0.1, 0.15) is 54.9 Å². The average molecular weight is 1030 g/mol. The van der Waals surface area contributed by atoms with Crippen LogP contribution in [0.4, 0.5) is 0 Å². The molecule has 2 rings (SSSR count). The van der Waals surface area contributed by atoms with Crippen LogP contribution in [0.15, 0.2) is 122 Å². The van der Waals surface area contributed by atoms with Crippen molar-refractivity contribution in [3.05, 3.63) is 122 Å². The van der Waals surface area contributed by atoms with Gasteiger partial charge in [0.05, 0.1) is 26.4 Å². The lowest BCUT2D eigenvalue weighted by Gasteiger charge is -2.42. The van der Waals surface area contributed by atoms with Crippen LogP contribution in [0.25, 0.3) is 0 Å². The number of ether oxygens (including phenoxy) is 6. The van der Waals surface area contributed by atoms with Gasteiger partial charge in [-0.25, -0.2) is 0 Å². The van der Waals surface area contributed by atoms with E-state index in [4.69, 9.17) is 28.4 Å². The van der Waals surface area contributed by atoms with Crippen LogP contribution in [0.1, 0.15) is 142 Å². The maximum atomic E-state index is 13.0. The number of esters is 1. The third-order valence-corrected chi connectivity index (χ3v) is 12.0. The largest absolute Gasteiger partial charge is 0.457 e. The molecule has 0 radical (unpaired) electrons. The van der Waals surface area contributed by atoms with Crippen molar-refractivity contribution in [1.82, 2.24) is 0 Å². The highest BCUT2D eigenvalue weighted by Gasteiger charge is 2.47. The number of hydrogen-bond acceptors (Lipinski definition) is 14. The van der Waals surface area contributed by atoms with E-state index >= 15 is 0 Å². The van der Waals surface area contributed by atoms with E-state index in [1.807, 2.05) is 12.2 Å². The van der Waals surface area contributed by atoms with Crippen molar-refractivity contribution in [2.24, 2.45) is 0 Å². The fourth-order valence-corrected chi connectivity index (χ4v) is 7.65. The minimum atomic E-state index is -1.73. The van der Waals surface area contributed by atoms with Gasteiger partial charge in [-0.3, -0.25) is 4.79 Å². The minimum absolute atomic E-state index is 0.0158. The van der Waals surface area contributed by atoms with Crippen molar-refractivity contribution in [2.75, 3.05) is 33.0 Å². The first-order valence-electron chi connectivity index (χ1n) is 27.1. The maximum absolute atomic E-state index is 13.0. The Morgan fingerprint density at radius 1 is 0.452 bits per heavy atom. The molecule has 0 aromatic carbocycles. The first-order chi connectivity index (χ1) is 35.6. The Balaban J connectivity index is 1.74. The van der Waals surface area contributed by atoms with Crippen LogP contribution in [0.3, 0.4) is 0 Å². The number of rotatable bonds is 41. The normalized spacial score (nSPS) is 25.9. The van der Waals surface area contributed by atoms with E-state index in [0.29, 0.717) is 13.0 Å². The van der Waals surface area contributed by atoms with Crippen molar-refractivity contribution in [1.29, 1.82) is 0 Å². The van der Waals surface area contributed by atoms with E-state index in [1.165, 1.54) is 19.3 Å². The SMILES string of the molecule is CC/C=C\C/C=C\C/C=C\C/C=C\C/C=C\C/C=C\CCCCCCCCCOCC(COC1OC(COC2OC(CO)C(O)C(O)C2O)C(O)C(O)C1O)OC(=O)CC/C=C\C/C=C\C/C=C\C/C=C\CC. The van der Waals surface area contributed by atoms with Gasteiger partial charge in [0.25, 0.3) is 0 Å². The highest BCUT2D eigenvalue weighted by atomic mass is 16.7. The fourth-order valence-electron chi connectivity index (χ4n) is 7.65. The zero-order valence-corrected chi connectivity index (χ0v) is 44.1. The summed E-state index contributed by atoms with van der Waals surface area (Å²) in [6, 6.07) is 0. The minimum Gasteiger partial charge on any atom is -0.457 e. The van der Waals surface area contributed by atoms with Crippen LogP contribution in [0.2, 0.25) is 0 Å². The quantitative estimate of drug-likeness (QED) is 0.0173. The van der Waals surface area contributed by atoms with E-state index < -0.39 is 86.7 Å². The van der Waals surface area contributed by atoms with Crippen LogP contribution in [-0.2, 0) is 33.2 Å². The number of allylic oxidation sites excluding steroid dienone is 20. The Morgan fingerprint density at radius 3 is 1.33 bits per heavy atom. The van der Waals surface area contributed by atoms with Crippen LogP contribution >= 0.6 is 0 Å². The number of aliphatic hydroxyl groups is 7. The molecule has 414 valence electrons.